The number of hydrogen-bond acceptors (Lipinski definition) is 16. The average Bonchev–Trinajstić information content (AvgIpc) is 3.05. The molecule has 15 atom stereocenters. The summed E-state index contributed by atoms with van der Waals surface area (Å²) in [6.07, 6.45) is -19.2. The Morgan fingerprint density at radius 1 is 0.583 bits per heavy atom. The molecule has 3 saturated heterocycles. The van der Waals surface area contributed by atoms with Crippen LogP contribution in [0.25, 0.3) is 12.2 Å². The maximum absolute atomic E-state index is 11.2. The van der Waals surface area contributed by atoms with Gasteiger partial charge in [0.05, 0.1) is 18.8 Å². The lowest BCUT2D eigenvalue weighted by Gasteiger charge is -2.46. The number of benzene rings is 2. The fraction of sp³-hybridized carbons (Fsp3) is 0.562. The lowest BCUT2D eigenvalue weighted by molar-refractivity contribution is -0.360. The van der Waals surface area contributed by atoms with Gasteiger partial charge in [0.15, 0.2) is 18.7 Å². The number of aliphatic hydroxyl groups excluding tert-OH is 8. The molecule has 3 heterocycles. The van der Waals surface area contributed by atoms with E-state index in [4.69, 9.17) is 28.4 Å². The molecule has 15 unspecified atom stereocenters. The van der Waals surface area contributed by atoms with Crippen LogP contribution in [0.3, 0.4) is 0 Å². The Hall–Kier alpha value is -2.94. The number of aliphatic hydroxyl groups is 8. The van der Waals surface area contributed by atoms with Gasteiger partial charge in [0.25, 0.3) is 0 Å². The van der Waals surface area contributed by atoms with E-state index in [0.29, 0.717) is 5.56 Å². The van der Waals surface area contributed by atoms with Crippen LogP contribution in [0.2, 0.25) is 0 Å². The Labute approximate surface area is 275 Å². The summed E-state index contributed by atoms with van der Waals surface area (Å²) < 4.78 is 34.3. The van der Waals surface area contributed by atoms with E-state index in [1.165, 1.54) is 44.2 Å². The fourth-order valence-corrected chi connectivity index (χ4v) is 5.59. The summed E-state index contributed by atoms with van der Waals surface area (Å²) in [5, 5.41) is 104. The lowest BCUT2D eigenvalue weighted by atomic mass is 9.97. The third-order valence-corrected chi connectivity index (χ3v) is 8.50. The van der Waals surface area contributed by atoms with Crippen molar-refractivity contribution in [1.29, 1.82) is 0 Å². The molecule has 16 nitrogen and oxygen atoms in total. The Bertz CT molecular complexity index is 1370. The van der Waals surface area contributed by atoms with Gasteiger partial charge in [-0.05, 0) is 49.2 Å². The molecule has 48 heavy (non-hydrogen) atoms. The number of rotatable bonds is 9. The molecule has 0 aromatic heterocycles. The standard InChI is InChI=1S/C32H42O16/c1-13-21(35)24(38)27(41)30(44-13)43-12-20-23(37)26(40)29(48-31-28(42)25(39)22(36)14(2)45-31)32(47-20)46-19-10-16(9-18(34)11-19)4-3-15-5-7-17(33)8-6-15/h3-11,13-14,20-42H,12H2,1-2H3. The van der Waals surface area contributed by atoms with E-state index in [-0.39, 0.29) is 17.2 Å². The van der Waals surface area contributed by atoms with E-state index in [1.807, 2.05) is 0 Å². The van der Waals surface area contributed by atoms with Gasteiger partial charge >= 0.3 is 0 Å². The van der Waals surface area contributed by atoms with Crippen LogP contribution in [0.15, 0.2) is 42.5 Å². The third-order valence-electron chi connectivity index (χ3n) is 8.50. The quantitative estimate of drug-likeness (QED) is 0.130. The van der Waals surface area contributed by atoms with Crippen molar-refractivity contribution >= 4 is 12.2 Å². The van der Waals surface area contributed by atoms with Gasteiger partial charge in [0.1, 0.15) is 72.2 Å². The van der Waals surface area contributed by atoms with Crippen LogP contribution in [0.5, 0.6) is 17.2 Å². The van der Waals surface area contributed by atoms with E-state index in [0.717, 1.165) is 5.56 Å². The average molecular weight is 683 g/mol. The molecule has 3 aliphatic rings. The first-order chi connectivity index (χ1) is 22.7. The van der Waals surface area contributed by atoms with E-state index < -0.39 is 98.7 Å². The number of hydrogen-bond donors (Lipinski definition) is 10. The Morgan fingerprint density at radius 2 is 1.17 bits per heavy atom. The zero-order chi connectivity index (χ0) is 34.9. The fourth-order valence-electron chi connectivity index (χ4n) is 5.59. The second-order valence-electron chi connectivity index (χ2n) is 12.1. The van der Waals surface area contributed by atoms with Gasteiger partial charge in [-0.15, -0.1) is 0 Å². The highest BCUT2D eigenvalue weighted by molar-refractivity contribution is 5.71. The normalized spacial score (nSPS) is 40.6. The molecule has 0 radical (unpaired) electrons. The molecule has 0 spiro atoms. The van der Waals surface area contributed by atoms with E-state index in [2.05, 4.69) is 0 Å². The molecule has 0 bridgehead atoms. The monoisotopic (exact) mass is 682 g/mol. The van der Waals surface area contributed by atoms with Crippen LogP contribution in [0.1, 0.15) is 25.0 Å². The molecule has 3 fully saturated rings. The van der Waals surface area contributed by atoms with Crippen LogP contribution >= 0.6 is 0 Å². The van der Waals surface area contributed by atoms with Crippen LogP contribution in [0, 0.1) is 0 Å². The van der Waals surface area contributed by atoms with E-state index in [9.17, 15) is 51.1 Å². The topological polar surface area (TPSA) is 258 Å². The number of aromatic hydroxyl groups is 2. The van der Waals surface area contributed by atoms with Crippen molar-refractivity contribution in [3.8, 4) is 17.2 Å². The predicted molar refractivity (Wildman–Crippen MR) is 162 cm³/mol. The second-order valence-corrected chi connectivity index (χ2v) is 12.1. The van der Waals surface area contributed by atoms with Gasteiger partial charge in [-0.25, -0.2) is 0 Å². The van der Waals surface area contributed by atoms with Crippen molar-refractivity contribution in [1.82, 2.24) is 0 Å². The smallest absolute Gasteiger partial charge is 0.229 e. The summed E-state index contributed by atoms with van der Waals surface area (Å²) in [7, 11) is 0. The van der Waals surface area contributed by atoms with Crippen LogP contribution in [-0.2, 0) is 23.7 Å². The molecule has 2 aromatic carbocycles. The molecule has 3 aliphatic heterocycles. The minimum absolute atomic E-state index is 0.0214. The van der Waals surface area contributed by atoms with Crippen LogP contribution < -0.4 is 4.74 Å². The predicted octanol–water partition coefficient (Wildman–Crippen LogP) is -1.85. The molecule has 0 saturated carbocycles. The highest BCUT2D eigenvalue weighted by atomic mass is 16.8. The minimum atomic E-state index is -1.80. The Balaban J connectivity index is 1.37. The zero-order valence-electron chi connectivity index (χ0n) is 26.0. The van der Waals surface area contributed by atoms with Gasteiger partial charge in [0, 0.05) is 6.07 Å². The Morgan fingerprint density at radius 3 is 1.81 bits per heavy atom. The van der Waals surface area contributed by atoms with Crippen molar-refractivity contribution in [2.24, 2.45) is 0 Å². The summed E-state index contributed by atoms with van der Waals surface area (Å²) >= 11 is 0. The van der Waals surface area contributed by atoms with Crippen molar-refractivity contribution in [3.05, 3.63) is 53.6 Å². The Kier molecular flexibility index (Phi) is 11.6. The number of phenols is 2. The largest absolute Gasteiger partial charge is 0.508 e. The maximum atomic E-state index is 11.2. The highest BCUT2D eigenvalue weighted by Gasteiger charge is 2.52. The molecule has 5 rings (SSSR count). The van der Waals surface area contributed by atoms with Gasteiger partial charge in [-0.3, -0.25) is 0 Å². The molecular weight excluding hydrogens is 640 g/mol. The second kappa shape index (κ2) is 15.3. The number of ether oxygens (including phenoxy) is 6. The van der Waals surface area contributed by atoms with E-state index in [1.54, 1.807) is 24.3 Å². The summed E-state index contributed by atoms with van der Waals surface area (Å²) in [6, 6.07) is 10.6. The summed E-state index contributed by atoms with van der Waals surface area (Å²) in [4.78, 5) is 0. The lowest BCUT2D eigenvalue weighted by Crippen LogP contribution is -2.65. The first-order valence-electron chi connectivity index (χ1n) is 15.4. The van der Waals surface area contributed by atoms with Crippen molar-refractivity contribution in [2.75, 3.05) is 6.61 Å². The molecular formula is C32H42O16. The van der Waals surface area contributed by atoms with Crippen molar-refractivity contribution < 1.29 is 79.5 Å². The molecule has 2 aromatic rings. The summed E-state index contributed by atoms with van der Waals surface area (Å²) in [5.74, 6) is -0.0878. The van der Waals surface area contributed by atoms with Crippen molar-refractivity contribution in [3.63, 3.8) is 0 Å². The first-order valence-corrected chi connectivity index (χ1v) is 15.4. The highest BCUT2D eigenvalue weighted by Crippen LogP contribution is 2.33. The zero-order valence-corrected chi connectivity index (χ0v) is 26.0. The molecule has 10 N–H and O–H groups in total. The minimum Gasteiger partial charge on any atom is -0.508 e. The van der Waals surface area contributed by atoms with Gasteiger partial charge in [0.2, 0.25) is 6.29 Å². The molecule has 0 aliphatic carbocycles. The van der Waals surface area contributed by atoms with Gasteiger partial charge in [-0.1, -0.05) is 24.3 Å². The molecule has 266 valence electrons. The third kappa shape index (κ3) is 8.09. The summed E-state index contributed by atoms with van der Waals surface area (Å²) in [5.41, 5.74) is 1.22. The van der Waals surface area contributed by atoms with Crippen LogP contribution in [0.4, 0.5) is 0 Å². The number of phenolic OH excluding ortho intramolecular Hbond substituents is 2. The molecule has 16 heteroatoms. The van der Waals surface area contributed by atoms with Crippen LogP contribution in [-0.4, -0.2) is 150 Å². The SMILES string of the molecule is CC1OC(OCC2OC(Oc3cc(O)cc(C=Cc4ccc(O)cc4)c3)C(OC3OC(C)C(O)C(O)C3O)C(O)C2O)C(O)C(O)C1O. The summed E-state index contributed by atoms with van der Waals surface area (Å²) in [6.45, 7) is 2.37. The van der Waals surface area contributed by atoms with E-state index >= 15 is 0 Å². The first kappa shape index (κ1) is 36.3. The van der Waals surface area contributed by atoms with Crippen molar-refractivity contribution in [2.45, 2.75) is 106 Å². The van der Waals surface area contributed by atoms with Gasteiger partial charge in [-0.2, -0.15) is 0 Å². The van der Waals surface area contributed by atoms with Gasteiger partial charge < -0.3 is 79.5 Å². The maximum Gasteiger partial charge on any atom is 0.229 e. The molecule has 0 amide bonds.